The average molecular weight is 397 g/mol. The lowest BCUT2D eigenvalue weighted by atomic mass is 10.2. The molecule has 0 radical (unpaired) electrons. The highest BCUT2D eigenvalue weighted by molar-refractivity contribution is 14.0. The van der Waals surface area contributed by atoms with Crippen molar-refractivity contribution in [2.24, 2.45) is 12.0 Å². The van der Waals surface area contributed by atoms with Gasteiger partial charge in [0.15, 0.2) is 5.96 Å². The largest absolute Gasteiger partial charge is 0.357 e. The van der Waals surface area contributed by atoms with Crippen LogP contribution in [0, 0.1) is 0 Å². The van der Waals surface area contributed by atoms with Gasteiger partial charge in [0.1, 0.15) is 0 Å². The number of guanidine groups is 1. The number of aryl methyl sites for hydroxylation is 1. The number of aromatic nitrogens is 2. The smallest absolute Gasteiger partial charge is 0.191 e. The van der Waals surface area contributed by atoms with Crippen LogP contribution in [0.5, 0.6) is 0 Å². The van der Waals surface area contributed by atoms with E-state index < -0.39 is 0 Å². The maximum atomic E-state index is 4.49. The number of halogens is 1. The molecule has 1 aromatic heterocycles. The summed E-state index contributed by atoms with van der Waals surface area (Å²) in [5.41, 5.74) is 1.24. The Hall–Kier alpha value is -0.440. The second-order valence-corrected chi connectivity index (χ2v) is 4.94. The van der Waals surface area contributed by atoms with Crippen molar-refractivity contribution in [3.05, 3.63) is 18.0 Å². The zero-order valence-electron chi connectivity index (χ0n) is 11.8. The van der Waals surface area contributed by atoms with Crippen molar-refractivity contribution in [3.63, 3.8) is 0 Å². The Kier molecular flexibility index (Phi) is 11.1. The SMILES string of the molecule is CCNC(=NCCSC)NCCc1cnn(C)c1.I. The van der Waals surface area contributed by atoms with Gasteiger partial charge in [-0.25, -0.2) is 0 Å². The van der Waals surface area contributed by atoms with E-state index in [4.69, 9.17) is 0 Å². The van der Waals surface area contributed by atoms with Gasteiger partial charge in [0.25, 0.3) is 0 Å². The maximum absolute atomic E-state index is 4.49. The first-order valence-electron chi connectivity index (χ1n) is 6.25. The zero-order valence-corrected chi connectivity index (χ0v) is 15.0. The molecule has 0 unspecified atom stereocenters. The molecule has 0 aliphatic carbocycles. The summed E-state index contributed by atoms with van der Waals surface area (Å²) < 4.78 is 1.83. The van der Waals surface area contributed by atoms with E-state index in [1.54, 1.807) is 0 Å². The average Bonchev–Trinajstić information content (AvgIpc) is 2.75. The van der Waals surface area contributed by atoms with Crippen LogP contribution in [0.3, 0.4) is 0 Å². The third-order valence-electron chi connectivity index (χ3n) is 2.37. The van der Waals surface area contributed by atoms with Crippen LogP contribution >= 0.6 is 35.7 Å². The summed E-state index contributed by atoms with van der Waals surface area (Å²) in [5.74, 6) is 1.95. The third kappa shape index (κ3) is 8.35. The van der Waals surface area contributed by atoms with E-state index in [9.17, 15) is 0 Å². The summed E-state index contributed by atoms with van der Waals surface area (Å²) in [6.07, 6.45) is 7.00. The van der Waals surface area contributed by atoms with Crippen LogP contribution in [0.1, 0.15) is 12.5 Å². The number of hydrogen-bond donors (Lipinski definition) is 2. The van der Waals surface area contributed by atoms with Crippen molar-refractivity contribution < 1.29 is 0 Å². The Balaban J connectivity index is 0.00000324. The van der Waals surface area contributed by atoms with Crippen molar-refractivity contribution in [3.8, 4) is 0 Å². The van der Waals surface area contributed by atoms with Crippen LogP contribution in [0.4, 0.5) is 0 Å². The second kappa shape index (κ2) is 11.4. The molecule has 7 heteroatoms. The first-order chi connectivity index (χ1) is 8.76. The fourth-order valence-electron chi connectivity index (χ4n) is 1.52. The summed E-state index contributed by atoms with van der Waals surface area (Å²) in [4.78, 5) is 4.49. The van der Waals surface area contributed by atoms with Crippen LogP contribution < -0.4 is 10.6 Å². The molecule has 0 bridgehead atoms. The summed E-state index contributed by atoms with van der Waals surface area (Å²) in [6, 6.07) is 0. The van der Waals surface area contributed by atoms with E-state index >= 15 is 0 Å². The topological polar surface area (TPSA) is 54.2 Å². The number of nitrogens with zero attached hydrogens (tertiary/aromatic N) is 3. The summed E-state index contributed by atoms with van der Waals surface area (Å²) >= 11 is 1.81. The Morgan fingerprint density at radius 1 is 1.47 bits per heavy atom. The van der Waals surface area contributed by atoms with Crippen molar-refractivity contribution in [1.29, 1.82) is 0 Å². The van der Waals surface area contributed by atoms with Crippen LogP contribution in [-0.2, 0) is 13.5 Å². The summed E-state index contributed by atoms with van der Waals surface area (Å²) in [7, 11) is 1.94. The van der Waals surface area contributed by atoms with E-state index in [1.807, 2.05) is 35.9 Å². The molecule has 5 nitrogen and oxygen atoms in total. The van der Waals surface area contributed by atoms with Gasteiger partial charge >= 0.3 is 0 Å². The molecule has 0 amide bonds. The van der Waals surface area contributed by atoms with Gasteiger partial charge < -0.3 is 10.6 Å². The molecule has 0 aromatic carbocycles. The van der Waals surface area contributed by atoms with Crippen LogP contribution in [0.15, 0.2) is 17.4 Å². The predicted molar refractivity (Wildman–Crippen MR) is 94.7 cm³/mol. The molecule has 1 aromatic rings. The molecule has 0 aliphatic rings. The lowest BCUT2D eigenvalue weighted by molar-refractivity contribution is 0.765. The maximum Gasteiger partial charge on any atom is 0.191 e. The minimum absolute atomic E-state index is 0. The molecule has 19 heavy (non-hydrogen) atoms. The van der Waals surface area contributed by atoms with Gasteiger partial charge in [0.2, 0.25) is 0 Å². The van der Waals surface area contributed by atoms with Gasteiger partial charge in [0, 0.05) is 32.1 Å². The molecule has 0 fully saturated rings. The standard InChI is InChI=1S/C12H23N5S.HI/c1-4-13-12(15-7-8-18-3)14-6-5-11-9-16-17(2)10-11;/h9-10H,4-8H2,1-3H3,(H2,13,14,15);1H. The number of hydrogen-bond acceptors (Lipinski definition) is 3. The van der Waals surface area contributed by atoms with Crippen LogP contribution in [0.25, 0.3) is 0 Å². The molecule has 1 rings (SSSR count). The molecule has 0 saturated heterocycles. The molecule has 0 aliphatic heterocycles. The normalized spacial score (nSPS) is 11.0. The van der Waals surface area contributed by atoms with Crippen molar-refractivity contribution >= 4 is 41.7 Å². The van der Waals surface area contributed by atoms with Crippen molar-refractivity contribution in [2.45, 2.75) is 13.3 Å². The molecule has 1 heterocycles. The van der Waals surface area contributed by atoms with Gasteiger partial charge in [-0.3, -0.25) is 9.67 Å². The molecule has 0 atom stereocenters. The fraction of sp³-hybridized carbons (Fsp3) is 0.667. The number of rotatable bonds is 7. The third-order valence-corrected chi connectivity index (χ3v) is 2.96. The Morgan fingerprint density at radius 3 is 2.84 bits per heavy atom. The van der Waals surface area contributed by atoms with E-state index in [0.29, 0.717) is 0 Å². The van der Waals surface area contributed by atoms with Crippen molar-refractivity contribution in [1.82, 2.24) is 20.4 Å². The van der Waals surface area contributed by atoms with E-state index in [0.717, 1.165) is 37.8 Å². The predicted octanol–water partition coefficient (Wildman–Crippen LogP) is 1.50. The summed E-state index contributed by atoms with van der Waals surface area (Å²) in [5, 5.41) is 10.7. The quantitative estimate of drug-likeness (QED) is 0.317. The monoisotopic (exact) mass is 397 g/mol. The molecular formula is C12H24IN5S. The Labute approximate surface area is 137 Å². The first-order valence-corrected chi connectivity index (χ1v) is 7.64. The lowest BCUT2D eigenvalue weighted by Crippen LogP contribution is -2.38. The fourth-order valence-corrected chi connectivity index (χ4v) is 1.79. The van der Waals surface area contributed by atoms with Gasteiger partial charge in [-0.05, 0) is 25.2 Å². The molecular weight excluding hydrogens is 373 g/mol. The van der Waals surface area contributed by atoms with Gasteiger partial charge in [-0.1, -0.05) is 0 Å². The molecule has 110 valence electrons. The van der Waals surface area contributed by atoms with Crippen LogP contribution in [0.2, 0.25) is 0 Å². The lowest BCUT2D eigenvalue weighted by Gasteiger charge is -2.10. The molecule has 0 saturated carbocycles. The molecule has 2 N–H and O–H groups in total. The highest BCUT2D eigenvalue weighted by Crippen LogP contribution is 1.96. The minimum Gasteiger partial charge on any atom is -0.357 e. The van der Waals surface area contributed by atoms with E-state index in [2.05, 4.69) is 33.9 Å². The number of aliphatic imine (C=N–C) groups is 1. The highest BCUT2D eigenvalue weighted by Gasteiger charge is 1.98. The van der Waals surface area contributed by atoms with E-state index in [-0.39, 0.29) is 24.0 Å². The van der Waals surface area contributed by atoms with Gasteiger partial charge in [-0.15, -0.1) is 24.0 Å². The number of nitrogens with one attached hydrogen (secondary N) is 2. The second-order valence-electron chi connectivity index (χ2n) is 3.95. The van der Waals surface area contributed by atoms with E-state index in [1.165, 1.54) is 5.56 Å². The van der Waals surface area contributed by atoms with Gasteiger partial charge in [-0.2, -0.15) is 16.9 Å². The van der Waals surface area contributed by atoms with Gasteiger partial charge in [0.05, 0.1) is 12.7 Å². The van der Waals surface area contributed by atoms with Crippen LogP contribution in [-0.4, -0.2) is 47.4 Å². The zero-order chi connectivity index (χ0) is 13.2. The first kappa shape index (κ1) is 18.6. The number of thioether (sulfide) groups is 1. The highest BCUT2D eigenvalue weighted by atomic mass is 127. The Morgan fingerprint density at radius 2 is 2.26 bits per heavy atom. The minimum atomic E-state index is 0. The molecule has 0 spiro atoms. The Bertz CT molecular complexity index is 367. The summed E-state index contributed by atoms with van der Waals surface area (Å²) in [6.45, 7) is 4.69. The van der Waals surface area contributed by atoms with Crippen molar-refractivity contribution in [2.75, 3.05) is 31.6 Å².